The van der Waals surface area contributed by atoms with E-state index in [-0.39, 0.29) is 17.9 Å². The predicted octanol–water partition coefficient (Wildman–Crippen LogP) is 5.25. The minimum absolute atomic E-state index is 0.106. The number of hydrogen-bond donors (Lipinski definition) is 2. The minimum atomic E-state index is -1.03. The van der Waals surface area contributed by atoms with E-state index < -0.39 is 30.1 Å². The van der Waals surface area contributed by atoms with Gasteiger partial charge >= 0.3 is 5.97 Å². The van der Waals surface area contributed by atoms with Crippen molar-refractivity contribution in [2.75, 3.05) is 19.6 Å². The van der Waals surface area contributed by atoms with Crippen LogP contribution in [0.25, 0.3) is 11.1 Å². The number of aliphatic carboxylic acids is 1. The lowest BCUT2D eigenvalue weighted by atomic mass is 9.92. The molecule has 3 aromatic rings. The molecule has 0 spiro atoms. The van der Waals surface area contributed by atoms with E-state index in [1.165, 1.54) is 10.6 Å². The van der Waals surface area contributed by atoms with Gasteiger partial charge in [-0.15, -0.1) is 0 Å². The number of nitrogens with one attached hydrogen (secondary N) is 1. The van der Waals surface area contributed by atoms with Crippen LogP contribution in [0.4, 0.5) is 4.39 Å². The van der Waals surface area contributed by atoms with E-state index in [0.717, 1.165) is 27.8 Å². The first-order valence-corrected chi connectivity index (χ1v) is 14.3. The molecule has 1 unspecified atom stereocenters. The number of carbonyl (C=O) groups excluding carboxylic acids is 1. The van der Waals surface area contributed by atoms with Crippen LogP contribution in [0.1, 0.15) is 61.0 Å². The van der Waals surface area contributed by atoms with E-state index in [1.807, 2.05) is 75.1 Å². The molecule has 0 bridgehead atoms. The predicted molar refractivity (Wildman–Crippen MR) is 159 cm³/mol. The van der Waals surface area contributed by atoms with Crippen molar-refractivity contribution >= 4 is 11.9 Å². The molecule has 0 aliphatic carbocycles. The van der Waals surface area contributed by atoms with Gasteiger partial charge in [0, 0.05) is 31.9 Å². The average molecular weight is 562 g/mol. The molecule has 1 aliphatic heterocycles. The van der Waals surface area contributed by atoms with Gasteiger partial charge in [0.2, 0.25) is 5.91 Å². The van der Waals surface area contributed by atoms with E-state index in [2.05, 4.69) is 5.32 Å². The molecule has 0 saturated carbocycles. The molecule has 1 fully saturated rings. The molecule has 2 heterocycles. The fraction of sp³-hybridized carbons (Fsp3) is 0.424. The van der Waals surface area contributed by atoms with Gasteiger partial charge in [0.1, 0.15) is 12.2 Å². The van der Waals surface area contributed by atoms with Crippen molar-refractivity contribution in [2.24, 2.45) is 5.92 Å². The summed E-state index contributed by atoms with van der Waals surface area (Å²) >= 11 is 0. The molecule has 218 valence electrons. The monoisotopic (exact) mass is 561 g/mol. The number of aromatic nitrogens is 1. The molecule has 2 aromatic carbocycles. The number of likely N-dealkylation sites (tertiary alicyclic amines) is 1. The highest BCUT2D eigenvalue weighted by atomic mass is 19.1. The maximum absolute atomic E-state index is 13.8. The van der Waals surface area contributed by atoms with Crippen LogP contribution in [0, 0.1) is 19.8 Å². The van der Waals surface area contributed by atoms with Crippen LogP contribution >= 0.6 is 0 Å². The van der Waals surface area contributed by atoms with Crippen molar-refractivity contribution in [1.29, 1.82) is 0 Å². The molecule has 41 heavy (non-hydrogen) atoms. The lowest BCUT2D eigenvalue weighted by Gasteiger charge is -2.34. The van der Waals surface area contributed by atoms with E-state index in [9.17, 15) is 23.9 Å². The number of alkyl halides is 1. The van der Waals surface area contributed by atoms with Gasteiger partial charge in [0.25, 0.3) is 5.56 Å². The first kappa shape index (κ1) is 30.2. The zero-order valence-electron chi connectivity index (χ0n) is 24.3. The van der Waals surface area contributed by atoms with E-state index in [1.54, 1.807) is 12.3 Å². The van der Waals surface area contributed by atoms with Crippen molar-refractivity contribution < 1.29 is 19.1 Å². The average Bonchev–Trinajstić information content (AvgIpc) is 2.89. The molecule has 4 rings (SSSR count). The number of halogens is 1. The number of nitrogens with zero attached hydrogens (tertiary/aromatic N) is 2. The van der Waals surface area contributed by atoms with Crippen molar-refractivity contribution in [3.05, 3.63) is 93.4 Å². The van der Waals surface area contributed by atoms with Crippen LogP contribution in [-0.2, 0) is 16.0 Å². The van der Waals surface area contributed by atoms with Gasteiger partial charge < -0.3 is 15.0 Å². The van der Waals surface area contributed by atoms with E-state index >= 15 is 0 Å². The van der Waals surface area contributed by atoms with Gasteiger partial charge in [-0.1, -0.05) is 56.3 Å². The minimum Gasteiger partial charge on any atom is -0.481 e. The number of carboxylic acids is 1. The molecule has 2 atom stereocenters. The smallest absolute Gasteiger partial charge is 0.305 e. The molecule has 1 aliphatic rings. The van der Waals surface area contributed by atoms with Gasteiger partial charge in [-0.3, -0.25) is 19.3 Å². The van der Waals surface area contributed by atoms with E-state index in [4.69, 9.17) is 0 Å². The fourth-order valence-electron chi connectivity index (χ4n) is 5.59. The van der Waals surface area contributed by atoms with Crippen molar-refractivity contribution in [2.45, 2.75) is 65.2 Å². The van der Waals surface area contributed by atoms with Crippen LogP contribution in [0.2, 0.25) is 0 Å². The van der Waals surface area contributed by atoms with Gasteiger partial charge in [0.15, 0.2) is 0 Å². The Morgan fingerprint density at radius 1 is 1.05 bits per heavy atom. The first-order valence-electron chi connectivity index (χ1n) is 14.3. The Balaban J connectivity index is 1.61. The lowest BCUT2D eigenvalue weighted by Crippen LogP contribution is -2.49. The fourth-order valence-corrected chi connectivity index (χ4v) is 5.59. The molecule has 0 radical (unpaired) electrons. The number of pyridine rings is 1. The lowest BCUT2D eigenvalue weighted by molar-refractivity contribution is -0.138. The van der Waals surface area contributed by atoms with Crippen LogP contribution < -0.4 is 10.9 Å². The van der Waals surface area contributed by atoms with Crippen LogP contribution in [0.5, 0.6) is 0 Å². The molecular weight excluding hydrogens is 521 g/mol. The number of aryl methyl sites for hydroxylation is 2. The Hall–Kier alpha value is -3.78. The maximum atomic E-state index is 13.8. The van der Waals surface area contributed by atoms with Crippen LogP contribution in [0.3, 0.4) is 0 Å². The summed E-state index contributed by atoms with van der Waals surface area (Å²) in [5.41, 5.74) is 5.52. The van der Waals surface area contributed by atoms with Gasteiger partial charge in [0.05, 0.1) is 12.5 Å². The standard InChI is InChI=1S/C33H40FN3O4/c1-21(2)15-29(37-18-24(11-12-30(37)38)13-14-36-19-27(34)20-36)33(41)35-28(17-31(39)40)25-9-6-10-26(16-25)32-22(3)7-5-8-23(32)4/h5-12,16,18,21,27-29H,13-15,17,19-20H2,1-4H3,(H,35,41)(H,39,40)/t28-,29?/m0/s1. The number of carboxylic acid groups (broad SMARTS) is 1. The van der Waals surface area contributed by atoms with Crippen LogP contribution in [-0.4, -0.2) is 52.3 Å². The highest BCUT2D eigenvalue weighted by molar-refractivity contribution is 5.82. The summed E-state index contributed by atoms with van der Waals surface area (Å²) in [7, 11) is 0. The largest absolute Gasteiger partial charge is 0.481 e. The number of benzene rings is 2. The van der Waals surface area contributed by atoms with Gasteiger partial charge in [-0.2, -0.15) is 0 Å². The Bertz CT molecular complexity index is 1420. The summed E-state index contributed by atoms with van der Waals surface area (Å²) in [6.45, 7) is 9.56. The topological polar surface area (TPSA) is 91.6 Å². The second-order valence-electron chi connectivity index (χ2n) is 11.6. The Morgan fingerprint density at radius 3 is 2.37 bits per heavy atom. The second-order valence-corrected chi connectivity index (χ2v) is 11.6. The molecule has 7 nitrogen and oxygen atoms in total. The zero-order chi connectivity index (χ0) is 29.7. The molecule has 8 heteroatoms. The zero-order valence-corrected chi connectivity index (χ0v) is 24.3. The first-order chi connectivity index (χ1) is 19.5. The Labute approximate surface area is 241 Å². The van der Waals surface area contributed by atoms with Crippen molar-refractivity contribution in [3.63, 3.8) is 0 Å². The number of rotatable bonds is 12. The van der Waals surface area contributed by atoms with Crippen LogP contribution in [0.15, 0.2) is 65.6 Å². The molecular formula is C33H40FN3O4. The summed E-state index contributed by atoms with van der Waals surface area (Å²) < 4.78 is 14.7. The summed E-state index contributed by atoms with van der Waals surface area (Å²) in [4.78, 5) is 40.7. The summed E-state index contributed by atoms with van der Waals surface area (Å²) in [6.07, 6.45) is 1.69. The number of carbonyl (C=O) groups is 2. The summed E-state index contributed by atoms with van der Waals surface area (Å²) in [5.74, 6) is -1.33. The SMILES string of the molecule is Cc1cccc(C)c1-c1cccc([C@H](CC(=O)O)NC(=O)C(CC(C)C)n2cc(CCN3CC(F)C3)ccc2=O)c1. The molecule has 1 saturated heterocycles. The third-order valence-electron chi connectivity index (χ3n) is 7.72. The quantitative estimate of drug-likeness (QED) is 0.315. The molecule has 2 N–H and O–H groups in total. The van der Waals surface area contributed by atoms with Gasteiger partial charge in [-0.25, -0.2) is 4.39 Å². The number of hydrogen-bond acceptors (Lipinski definition) is 4. The normalized spacial score (nSPS) is 15.4. The summed E-state index contributed by atoms with van der Waals surface area (Å²) in [6, 6.07) is 15.3. The third kappa shape index (κ3) is 7.70. The molecule has 1 amide bonds. The van der Waals surface area contributed by atoms with Gasteiger partial charge in [-0.05, 0) is 72.1 Å². The third-order valence-corrected chi connectivity index (χ3v) is 7.72. The van der Waals surface area contributed by atoms with E-state index in [0.29, 0.717) is 38.0 Å². The highest BCUT2D eigenvalue weighted by Crippen LogP contribution is 2.30. The number of amides is 1. The van der Waals surface area contributed by atoms with Crippen molar-refractivity contribution in [1.82, 2.24) is 14.8 Å². The second kappa shape index (κ2) is 13.3. The Kier molecular flexibility index (Phi) is 9.76. The highest BCUT2D eigenvalue weighted by Gasteiger charge is 2.28. The summed E-state index contributed by atoms with van der Waals surface area (Å²) in [5, 5.41) is 12.7. The maximum Gasteiger partial charge on any atom is 0.305 e. The molecule has 1 aromatic heterocycles. The Morgan fingerprint density at radius 2 is 1.73 bits per heavy atom. The van der Waals surface area contributed by atoms with Crippen molar-refractivity contribution in [3.8, 4) is 11.1 Å².